The Morgan fingerprint density at radius 1 is 1.07 bits per heavy atom. The molecule has 1 saturated carbocycles. The van der Waals surface area contributed by atoms with E-state index in [1.54, 1.807) is 0 Å². The van der Waals surface area contributed by atoms with Crippen molar-refractivity contribution in [3.63, 3.8) is 0 Å². The standard InChI is InChI=1S/C23H40N2O4/c1-23(2)16-28-9-3-4-19-12-24(20-14-29-15-20)8-7-18(19)10-22(27)25(13-21(23)26)11-17-5-6-17/h17-21,26H,3-16H2,1-2H3/t18-,19-,21-/m0/s1. The van der Waals surface area contributed by atoms with Crippen LogP contribution < -0.4 is 0 Å². The summed E-state index contributed by atoms with van der Waals surface area (Å²) >= 11 is 0. The molecule has 6 heteroatoms. The molecule has 0 aromatic carbocycles. The number of fused-ring (bicyclic) bond motifs is 1. The Kier molecular flexibility index (Phi) is 6.84. The molecule has 3 saturated heterocycles. The number of nitrogens with zero attached hydrogens (tertiary/aromatic N) is 2. The summed E-state index contributed by atoms with van der Waals surface area (Å²) in [7, 11) is 0. The average Bonchev–Trinajstić information content (AvgIpc) is 3.44. The molecule has 0 bridgehead atoms. The van der Waals surface area contributed by atoms with Crippen LogP contribution in [0.25, 0.3) is 0 Å². The van der Waals surface area contributed by atoms with E-state index in [4.69, 9.17) is 9.47 Å². The predicted molar refractivity (Wildman–Crippen MR) is 112 cm³/mol. The van der Waals surface area contributed by atoms with E-state index in [9.17, 15) is 9.90 Å². The molecule has 166 valence electrons. The first-order chi connectivity index (χ1) is 13.9. The third kappa shape index (κ3) is 5.52. The van der Waals surface area contributed by atoms with Crippen LogP contribution in [0.5, 0.6) is 0 Å². The van der Waals surface area contributed by atoms with Gasteiger partial charge in [0.2, 0.25) is 5.91 Å². The van der Waals surface area contributed by atoms with Crippen molar-refractivity contribution in [3.05, 3.63) is 0 Å². The molecule has 0 aromatic rings. The Balaban J connectivity index is 1.46. The predicted octanol–water partition coefficient (Wildman–Crippen LogP) is 2.15. The van der Waals surface area contributed by atoms with Gasteiger partial charge in [0.1, 0.15) is 0 Å². The van der Waals surface area contributed by atoms with Crippen LogP contribution in [0, 0.1) is 23.2 Å². The van der Waals surface area contributed by atoms with Crippen molar-refractivity contribution >= 4 is 5.91 Å². The summed E-state index contributed by atoms with van der Waals surface area (Å²) in [6.07, 6.45) is 5.77. The number of rotatable bonds is 3. The summed E-state index contributed by atoms with van der Waals surface area (Å²) < 4.78 is 11.4. The first-order valence-electron chi connectivity index (χ1n) is 11.8. The first kappa shape index (κ1) is 21.5. The van der Waals surface area contributed by atoms with Crippen molar-refractivity contribution in [3.8, 4) is 0 Å². The molecular formula is C23H40N2O4. The highest BCUT2D eigenvalue weighted by molar-refractivity contribution is 5.76. The number of hydrogen-bond donors (Lipinski definition) is 1. The topological polar surface area (TPSA) is 62.2 Å². The minimum atomic E-state index is -0.554. The van der Waals surface area contributed by atoms with E-state index in [0.717, 1.165) is 58.7 Å². The second-order valence-corrected chi connectivity index (χ2v) is 10.6. The maximum Gasteiger partial charge on any atom is 0.222 e. The van der Waals surface area contributed by atoms with E-state index in [-0.39, 0.29) is 11.3 Å². The Morgan fingerprint density at radius 3 is 2.55 bits per heavy atom. The molecule has 0 radical (unpaired) electrons. The lowest BCUT2D eigenvalue weighted by atomic mass is 9.79. The van der Waals surface area contributed by atoms with Gasteiger partial charge in [-0.1, -0.05) is 13.8 Å². The highest BCUT2D eigenvalue weighted by Crippen LogP contribution is 2.35. The molecule has 0 unspecified atom stereocenters. The largest absolute Gasteiger partial charge is 0.391 e. The number of amides is 1. The van der Waals surface area contributed by atoms with E-state index in [0.29, 0.717) is 43.4 Å². The Hall–Kier alpha value is -0.690. The molecule has 1 N–H and O–H groups in total. The van der Waals surface area contributed by atoms with Crippen LogP contribution in [-0.2, 0) is 14.3 Å². The van der Waals surface area contributed by atoms with Crippen molar-refractivity contribution in [1.29, 1.82) is 0 Å². The molecule has 3 heterocycles. The van der Waals surface area contributed by atoms with Crippen LogP contribution in [0.15, 0.2) is 0 Å². The third-order valence-electron chi connectivity index (χ3n) is 7.66. The van der Waals surface area contributed by atoms with Crippen LogP contribution in [0.2, 0.25) is 0 Å². The van der Waals surface area contributed by atoms with Crippen molar-refractivity contribution in [2.24, 2.45) is 23.2 Å². The highest BCUT2D eigenvalue weighted by Gasteiger charge is 2.38. The number of β-amino-alcohol motifs (C(OH)–C–C–N with tert-alkyl or cyclic N) is 1. The van der Waals surface area contributed by atoms with Crippen LogP contribution in [0.4, 0.5) is 0 Å². The molecule has 3 aliphatic heterocycles. The van der Waals surface area contributed by atoms with Crippen molar-refractivity contribution in [2.75, 3.05) is 52.6 Å². The minimum absolute atomic E-state index is 0.252. The van der Waals surface area contributed by atoms with E-state index >= 15 is 0 Å². The lowest BCUT2D eigenvalue weighted by molar-refractivity contribution is -0.137. The van der Waals surface area contributed by atoms with E-state index in [1.807, 2.05) is 4.90 Å². The normalized spacial score (nSPS) is 35.8. The maximum atomic E-state index is 13.3. The summed E-state index contributed by atoms with van der Waals surface area (Å²) in [4.78, 5) is 17.9. The molecule has 4 aliphatic rings. The second-order valence-electron chi connectivity index (χ2n) is 10.6. The summed E-state index contributed by atoms with van der Waals surface area (Å²) in [5.41, 5.74) is -0.343. The maximum absolute atomic E-state index is 13.3. The van der Waals surface area contributed by atoms with Gasteiger partial charge in [0.05, 0.1) is 32.0 Å². The van der Waals surface area contributed by atoms with Gasteiger partial charge in [-0.2, -0.15) is 0 Å². The van der Waals surface area contributed by atoms with Gasteiger partial charge in [0.25, 0.3) is 0 Å². The molecule has 4 rings (SSSR count). The second kappa shape index (κ2) is 9.21. The molecule has 6 nitrogen and oxygen atoms in total. The Morgan fingerprint density at radius 2 is 1.86 bits per heavy atom. The number of piperidine rings is 1. The van der Waals surface area contributed by atoms with E-state index in [1.165, 1.54) is 12.8 Å². The molecule has 4 fully saturated rings. The molecule has 1 aliphatic carbocycles. The van der Waals surface area contributed by atoms with Gasteiger partial charge >= 0.3 is 0 Å². The molecule has 0 spiro atoms. The molecule has 3 atom stereocenters. The first-order valence-corrected chi connectivity index (χ1v) is 11.8. The van der Waals surface area contributed by atoms with Crippen molar-refractivity contribution in [1.82, 2.24) is 9.80 Å². The molecule has 29 heavy (non-hydrogen) atoms. The van der Waals surface area contributed by atoms with Crippen molar-refractivity contribution < 1.29 is 19.4 Å². The number of aliphatic hydroxyl groups is 1. The fraction of sp³-hybridized carbons (Fsp3) is 0.957. The van der Waals surface area contributed by atoms with Gasteiger partial charge in [-0.05, 0) is 56.4 Å². The fourth-order valence-electron chi connectivity index (χ4n) is 5.05. The van der Waals surface area contributed by atoms with Gasteiger partial charge in [-0.25, -0.2) is 0 Å². The lowest BCUT2D eigenvalue weighted by Crippen LogP contribution is -2.54. The summed E-state index contributed by atoms with van der Waals surface area (Å²) in [6.45, 7) is 10.5. The number of carbonyl (C=O) groups excluding carboxylic acids is 1. The number of carbonyl (C=O) groups is 1. The van der Waals surface area contributed by atoms with Gasteiger partial charge in [0, 0.05) is 38.1 Å². The van der Waals surface area contributed by atoms with Gasteiger partial charge in [-0.3, -0.25) is 9.69 Å². The zero-order chi connectivity index (χ0) is 20.4. The van der Waals surface area contributed by atoms with Crippen LogP contribution in [0.3, 0.4) is 0 Å². The summed E-state index contributed by atoms with van der Waals surface area (Å²) in [5, 5.41) is 10.9. The van der Waals surface area contributed by atoms with Gasteiger partial charge in [-0.15, -0.1) is 0 Å². The van der Waals surface area contributed by atoms with Crippen LogP contribution in [-0.4, -0.2) is 85.6 Å². The summed E-state index contributed by atoms with van der Waals surface area (Å²) in [6, 6.07) is 0.579. The zero-order valence-corrected chi connectivity index (χ0v) is 18.4. The molecule has 0 aromatic heterocycles. The van der Waals surface area contributed by atoms with E-state index in [2.05, 4.69) is 18.7 Å². The molecule has 1 amide bonds. The smallest absolute Gasteiger partial charge is 0.222 e. The highest BCUT2D eigenvalue weighted by atomic mass is 16.5. The quantitative estimate of drug-likeness (QED) is 0.775. The van der Waals surface area contributed by atoms with Gasteiger partial charge in [0.15, 0.2) is 0 Å². The van der Waals surface area contributed by atoms with Crippen molar-refractivity contribution in [2.45, 2.75) is 64.5 Å². The Bertz CT molecular complexity index is 561. The third-order valence-corrected chi connectivity index (χ3v) is 7.66. The average molecular weight is 409 g/mol. The zero-order valence-electron chi connectivity index (χ0n) is 18.4. The van der Waals surface area contributed by atoms with Gasteiger partial charge < -0.3 is 19.5 Å². The molecular weight excluding hydrogens is 368 g/mol. The number of hydrogen-bond acceptors (Lipinski definition) is 5. The van der Waals surface area contributed by atoms with Crippen LogP contribution in [0.1, 0.15) is 52.4 Å². The lowest BCUT2D eigenvalue weighted by Gasteiger charge is -2.45. The minimum Gasteiger partial charge on any atom is -0.391 e. The van der Waals surface area contributed by atoms with E-state index < -0.39 is 6.10 Å². The summed E-state index contributed by atoms with van der Waals surface area (Å²) in [5.74, 6) is 1.89. The Labute approximate surface area is 175 Å². The number of ether oxygens (including phenoxy) is 2. The van der Waals surface area contributed by atoms with Crippen LogP contribution >= 0.6 is 0 Å². The number of aliphatic hydroxyl groups excluding tert-OH is 1. The SMILES string of the molecule is CC1(C)COCCC[C@H]2CN(C3COC3)CC[C@H]2CC(=O)N(CC2CC2)C[C@@H]1O. The monoisotopic (exact) mass is 408 g/mol. The number of likely N-dealkylation sites (tertiary alicyclic amines) is 1. The fourth-order valence-corrected chi connectivity index (χ4v) is 5.05.